The van der Waals surface area contributed by atoms with Crippen LogP contribution < -0.4 is 4.90 Å². The molecule has 0 unspecified atom stereocenters. The highest BCUT2D eigenvalue weighted by atomic mass is 19.1. The van der Waals surface area contributed by atoms with E-state index in [1.165, 1.54) is 23.3 Å². The number of pyridine rings is 1. The Morgan fingerprint density at radius 1 is 1.06 bits per heavy atom. The Morgan fingerprint density at radius 3 is 2.55 bits per heavy atom. The molecule has 0 spiro atoms. The molecule has 5 rings (SSSR count). The van der Waals surface area contributed by atoms with Gasteiger partial charge in [0.1, 0.15) is 17.6 Å². The van der Waals surface area contributed by atoms with Gasteiger partial charge in [-0.3, -0.25) is 0 Å². The second-order valence-corrected chi connectivity index (χ2v) is 8.20. The number of anilines is 1. The van der Waals surface area contributed by atoms with E-state index in [4.69, 9.17) is 4.98 Å². The first-order chi connectivity index (χ1) is 15.0. The summed E-state index contributed by atoms with van der Waals surface area (Å²) in [6.45, 7) is 6.44. The van der Waals surface area contributed by atoms with Gasteiger partial charge in [-0.2, -0.15) is 5.26 Å². The molecule has 1 aliphatic rings. The van der Waals surface area contributed by atoms with Gasteiger partial charge >= 0.3 is 0 Å². The van der Waals surface area contributed by atoms with Crippen molar-refractivity contribution in [2.45, 2.75) is 33.4 Å². The maximum atomic E-state index is 13.4. The van der Waals surface area contributed by atoms with Gasteiger partial charge in [0.25, 0.3) is 0 Å². The number of aromatic nitrogens is 2. The van der Waals surface area contributed by atoms with E-state index in [1.807, 2.05) is 18.2 Å². The number of fused-ring (bicyclic) bond motifs is 2. The van der Waals surface area contributed by atoms with E-state index in [-0.39, 0.29) is 5.82 Å². The van der Waals surface area contributed by atoms with E-state index in [2.05, 4.69) is 53.6 Å². The number of rotatable bonds is 3. The number of hydrogen-bond donors (Lipinski definition) is 0. The lowest BCUT2D eigenvalue weighted by Gasteiger charge is -2.30. The molecule has 0 fully saturated rings. The van der Waals surface area contributed by atoms with E-state index >= 15 is 0 Å². The van der Waals surface area contributed by atoms with Gasteiger partial charge in [-0.1, -0.05) is 36.4 Å². The molecule has 0 bridgehead atoms. The summed E-state index contributed by atoms with van der Waals surface area (Å²) < 4.78 is 15.7. The smallest absolute Gasteiger partial charge is 0.155 e. The average Bonchev–Trinajstić information content (AvgIpc) is 3.04. The van der Waals surface area contributed by atoms with Crippen LogP contribution >= 0.6 is 0 Å². The number of nitrogens with zero attached hydrogens (tertiary/aromatic N) is 4. The van der Waals surface area contributed by atoms with Crippen LogP contribution in [0.25, 0.3) is 10.9 Å². The lowest BCUT2D eigenvalue weighted by Crippen LogP contribution is -2.31. The van der Waals surface area contributed by atoms with Crippen LogP contribution in [0.15, 0.2) is 54.6 Å². The van der Waals surface area contributed by atoms with Crippen molar-refractivity contribution in [3.63, 3.8) is 0 Å². The Labute approximate surface area is 181 Å². The molecule has 4 aromatic rings. The van der Waals surface area contributed by atoms with Crippen LogP contribution in [0.2, 0.25) is 0 Å². The van der Waals surface area contributed by atoms with Crippen LogP contribution in [-0.4, -0.2) is 16.1 Å². The van der Waals surface area contributed by atoms with Crippen LogP contribution in [0.1, 0.15) is 33.6 Å². The standard InChI is InChI=1S/C26H23FN4/c1-17-18(2)31(15-19-7-9-22(27)10-8-19)25-24(17)13-23(14-28)29-26(25)30-12-11-20-5-3-4-6-21(20)16-30/h3-10,13H,11-12,15-16H2,1-2H3. The Morgan fingerprint density at radius 2 is 1.81 bits per heavy atom. The third kappa shape index (κ3) is 3.34. The molecule has 0 saturated carbocycles. The van der Waals surface area contributed by atoms with Gasteiger partial charge in [-0.25, -0.2) is 9.37 Å². The van der Waals surface area contributed by atoms with Crippen LogP contribution in [-0.2, 0) is 19.5 Å². The third-order valence-electron chi connectivity index (χ3n) is 6.39. The van der Waals surface area contributed by atoms with E-state index in [0.29, 0.717) is 12.2 Å². The molecule has 1 aliphatic heterocycles. The molecule has 2 aromatic carbocycles. The Balaban J connectivity index is 1.67. The summed E-state index contributed by atoms with van der Waals surface area (Å²) in [4.78, 5) is 7.05. The summed E-state index contributed by atoms with van der Waals surface area (Å²) >= 11 is 0. The molecule has 2 aromatic heterocycles. The summed E-state index contributed by atoms with van der Waals surface area (Å²) in [5.74, 6) is 0.615. The zero-order chi connectivity index (χ0) is 21.5. The van der Waals surface area contributed by atoms with Crippen LogP contribution in [0.3, 0.4) is 0 Å². The Bertz CT molecular complexity index is 1330. The van der Waals surface area contributed by atoms with E-state index in [0.717, 1.165) is 53.1 Å². The highest BCUT2D eigenvalue weighted by Crippen LogP contribution is 2.35. The largest absolute Gasteiger partial charge is 0.350 e. The molecule has 0 aliphatic carbocycles. The SMILES string of the molecule is Cc1c(C)n(Cc2ccc(F)cc2)c2c(N3CCc4ccccc4C3)nc(C#N)cc12. The first-order valence-corrected chi connectivity index (χ1v) is 10.5. The monoisotopic (exact) mass is 410 g/mol. The summed E-state index contributed by atoms with van der Waals surface area (Å²) in [7, 11) is 0. The molecule has 154 valence electrons. The van der Waals surface area contributed by atoms with Crippen molar-refractivity contribution in [2.75, 3.05) is 11.4 Å². The minimum atomic E-state index is -0.234. The highest BCUT2D eigenvalue weighted by Gasteiger charge is 2.24. The number of nitriles is 1. The minimum absolute atomic E-state index is 0.234. The fraction of sp³-hybridized carbons (Fsp3) is 0.231. The third-order valence-corrected chi connectivity index (χ3v) is 6.39. The fourth-order valence-corrected chi connectivity index (χ4v) is 4.57. The number of aryl methyl sites for hydroxylation is 1. The maximum absolute atomic E-state index is 13.4. The van der Waals surface area contributed by atoms with Crippen LogP contribution in [0.5, 0.6) is 0 Å². The number of hydrogen-bond acceptors (Lipinski definition) is 3. The van der Waals surface area contributed by atoms with Crippen LogP contribution in [0, 0.1) is 31.0 Å². The maximum Gasteiger partial charge on any atom is 0.155 e. The van der Waals surface area contributed by atoms with Gasteiger partial charge in [0.15, 0.2) is 5.82 Å². The quantitative estimate of drug-likeness (QED) is 0.462. The van der Waals surface area contributed by atoms with E-state index < -0.39 is 0 Å². The Hall–Kier alpha value is -3.65. The number of benzene rings is 2. The molecular formula is C26H23FN4. The van der Waals surface area contributed by atoms with Gasteiger partial charge in [0, 0.05) is 30.7 Å². The molecule has 0 radical (unpaired) electrons. The number of halogens is 1. The summed E-state index contributed by atoms with van der Waals surface area (Å²) in [6, 6.07) is 19.3. The van der Waals surface area contributed by atoms with Gasteiger partial charge in [-0.05, 0) is 60.7 Å². The van der Waals surface area contributed by atoms with Crippen LogP contribution in [0.4, 0.5) is 10.2 Å². The predicted molar refractivity (Wildman–Crippen MR) is 121 cm³/mol. The normalized spacial score (nSPS) is 13.3. The van der Waals surface area contributed by atoms with Crippen molar-refractivity contribution in [3.05, 3.63) is 94.1 Å². The fourth-order valence-electron chi connectivity index (χ4n) is 4.57. The average molecular weight is 410 g/mol. The lowest BCUT2D eigenvalue weighted by molar-refractivity contribution is 0.626. The lowest BCUT2D eigenvalue weighted by atomic mass is 10.00. The molecule has 31 heavy (non-hydrogen) atoms. The van der Waals surface area contributed by atoms with Crippen molar-refractivity contribution in [2.24, 2.45) is 0 Å². The van der Waals surface area contributed by atoms with Crippen molar-refractivity contribution < 1.29 is 4.39 Å². The molecule has 0 N–H and O–H groups in total. The molecule has 0 amide bonds. The first-order valence-electron chi connectivity index (χ1n) is 10.5. The second kappa shape index (κ2) is 7.55. The van der Waals surface area contributed by atoms with Gasteiger partial charge in [0.2, 0.25) is 0 Å². The van der Waals surface area contributed by atoms with E-state index in [9.17, 15) is 9.65 Å². The summed E-state index contributed by atoms with van der Waals surface area (Å²) in [6.07, 6.45) is 0.951. The topological polar surface area (TPSA) is 44.9 Å². The van der Waals surface area contributed by atoms with Crippen molar-refractivity contribution in [1.29, 1.82) is 5.26 Å². The summed E-state index contributed by atoms with van der Waals surface area (Å²) in [5.41, 5.74) is 7.46. The predicted octanol–water partition coefficient (Wildman–Crippen LogP) is 5.27. The minimum Gasteiger partial charge on any atom is -0.350 e. The van der Waals surface area contributed by atoms with Crippen molar-refractivity contribution >= 4 is 16.7 Å². The summed E-state index contributed by atoms with van der Waals surface area (Å²) in [5, 5.41) is 10.7. The molecule has 0 atom stereocenters. The van der Waals surface area contributed by atoms with Gasteiger partial charge < -0.3 is 9.47 Å². The molecular weight excluding hydrogens is 387 g/mol. The molecule has 5 heteroatoms. The first kappa shape index (κ1) is 19.3. The molecule has 3 heterocycles. The zero-order valence-corrected chi connectivity index (χ0v) is 17.7. The van der Waals surface area contributed by atoms with Gasteiger partial charge in [0.05, 0.1) is 5.52 Å². The Kier molecular flexibility index (Phi) is 4.71. The zero-order valence-electron chi connectivity index (χ0n) is 17.7. The molecule has 0 saturated heterocycles. The van der Waals surface area contributed by atoms with Gasteiger partial charge in [-0.15, -0.1) is 0 Å². The second-order valence-electron chi connectivity index (χ2n) is 8.20. The van der Waals surface area contributed by atoms with E-state index in [1.54, 1.807) is 0 Å². The van der Waals surface area contributed by atoms with Crippen molar-refractivity contribution in [3.8, 4) is 6.07 Å². The van der Waals surface area contributed by atoms with Crippen molar-refractivity contribution in [1.82, 2.24) is 9.55 Å². The highest BCUT2D eigenvalue weighted by molar-refractivity contribution is 5.94. The molecule has 4 nitrogen and oxygen atoms in total.